The van der Waals surface area contributed by atoms with Crippen LogP contribution in [0, 0.1) is 6.92 Å². The van der Waals surface area contributed by atoms with Crippen LogP contribution in [0.3, 0.4) is 0 Å². The van der Waals surface area contributed by atoms with Crippen molar-refractivity contribution in [3.05, 3.63) is 45.7 Å². The molecule has 2 aromatic heterocycles. The van der Waals surface area contributed by atoms with Gasteiger partial charge in [-0.1, -0.05) is 6.92 Å². The predicted octanol–water partition coefficient (Wildman–Crippen LogP) is 3.23. The van der Waals surface area contributed by atoms with E-state index < -0.39 is 0 Å². The molecule has 128 valence electrons. The van der Waals surface area contributed by atoms with Gasteiger partial charge < -0.3 is 9.64 Å². The first-order valence-electron chi connectivity index (χ1n) is 8.43. The molecule has 1 fully saturated rings. The topological polar surface area (TPSA) is 55.3 Å². The number of aryl methyl sites for hydroxylation is 2. The van der Waals surface area contributed by atoms with Crippen molar-refractivity contribution in [2.24, 2.45) is 0 Å². The van der Waals surface area contributed by atoms with Crippen LogP contribution in [0.25, 0.3) is 0 Å². The lowest BCUT2D eigenvalue weighted by molar-refractivity contribution is 0.0510. The smallest absolute Gasteiger partial charge is 0.266 e. The van der Waals surface area contributed by atoms with Crippen molar-refractivity contribution in [3.63, 3.8) is 0 Å². The highest BCUT2D eigenvalue weighted by molar-refractivity contribution is 7.13. The Morgan fingerprint density at radius 1 is 1.42 bits per heavy atom. The molecule has 1 saturated heterocycles. The number of pyridine rings is 1. The van der Waals surface area contributed by atoms with Gasteiger partial charge in [-0.25, -0.2) is 4.98 Å². The Morgan fingerprint density at radius 2 is 2.21 bits per heavy atom. The SMILES string of the molecule is CCc1nc(C)sc1C(=O)N(Cc1ccncc1)C[C@@H]1CCCO1. The number of amides is 1. The molecular weight excluding hydrogens is 322 g/mol. The number of thiazole rings is 1. The molecule has 24 heavy (non-hydrogen) atoms. The number of nitrogens with zero attached hydrogens (tertiary/aromatic N) is 3. The first kappa shape index (κ1) is 17.0. The average Bonchev–Trinajstić information content (AvgIpc) is 3.23. The van der Waals surface area contributed by atoms with E-state index in [2.05, 4.69) is 9.97 Å². The Bertz CT molecular complexity index is 681. The number of aromatic nitrogens is 2. The van der Waals surface area contributed by atoms with Crippen LogP contribution in [0.15, 0.2) is 24.5 Å². The minimum absolute atomic E-state index is 0.0600. The molecule has 3 rings (SSSR count). The molecule has 0 N–H and O–H groups in total. The van der Waals surface area contributed by atoms with E-state index in [1.807, 2.05) is 30.9 Å². The van der Waals surface area contributed by atoms with Gasteiger partial charge in [-0.3, -0.25) is 9.78 Å². The Kier molecular flexibility index (Phi) is 5.58. The number of rotatable bonds is 6. The summed E-state index contributed by atoms with van der Waals surface area (Å²) in [5, 5.41) is 0.941. The van der Waals surface area contributed by atoms with E-state index in [1.54, 1.807) is 12.4 Å². The summed E-state index contributed by atoms with van der Waals surface area (Å²) in [6.45, 7) is 5.98. The van der Waals surface area contributed by atoms with E-state index in [-0.39, 0.29) is 12.0 Å². The zero-order valence-electron chi connectivity index (χ0n) is 14.2. The van der Waals surface area contributed by atoms with Gasteiger partial charge in [0, 0.05) is 32.1 Å². The molecule has 0 unspecified atom stereocenters. The van der Waals surface area contributed by atoms with Crippen LogP contribution in [0.5, 0.6) is 0 Å². The summed E-state index contributed by atoms with van der Waals surface area (Å²) in [6.07, 6.45) is 6.52. The molecule has 3 heterocycles. The Hall–Kier alpha value is -1.79. The lowest BCUT2D eigenvalue weighted by Crippen LogP contribution is -2.37. The Balaban J connectivity index is 1.83. The molecule has 0 spiro atoms. The van der Waals surface area contributed by atoms with Gasteiger partial charge in [-0.05, 0) is 43.9 Å². The van der Waals surface area contributed by atoms with Crippen molar-refractivity contribution in [1.29, 1.82) is 0 Å². The van der Waals surface area contributed by atoms with Gasteiger partial charge in [0.15, 0.2) is 0 Å². The molecule has 1 aliphatic heterocycles. The summed E-state index contributed by atoms with van der Waals surface area (Å²) in [7, 11) is 0. The van der Waals surface area contributed by atoms with E-state index in [9.17, 15) is 4.79 Å². The second-order valence-electron chi connectivity index (χ2n) is 6.04. The molecule has 2 aromatic rings. The van der Waals surface area contributed by atoms with Gasteiger partial charge in [-0.15, -0.1) is 11.3 Å². The number of carbonyl (C=O) groups excluding carboxylic acids is 1. The average molecular weight is 345 g/mol. The molecule has 0 bridgehead atoms. The monoisotopic (exact) mass is 345 g/mol. The quantitative estimate of drug-likeness (QED) is 0.806. The summed E-state index contributed by atoms with van der Waals surface area (Å²) in [4.78, 5) is 24.4. The van der Waals surface area contributed by atoms with Gasteiger partial charge in [0.05, 0.1) is 16.8 Å². The number of hydrogen-bond donors (Lipinski definition) is 0. The summed E-state index contributed by atoms with van der Waals surface area (Å²) in [5.41, 5.74) is 1.98. The van der Waals surface area contributed by atoms with Gasteiger partial charge in [0.1, 0.15) is 4.88 Å². The number of carbonyl (C=O) groups is 1. The maximum Gasteiger partial charge on any atom is 0.266 e. The third-order valence-corrected chi connectivity index (χ3v) is 5.19. The molecule has 6 heteroatoms. The molecule has 1 atom stereocenters. The number of hydrogen-bond acceptors (Lipinski definition) is 5. The molecule has 1 aliphatic rings. The summed E-state index contributed by atoms with van der Waals surface area (Å²) >= 11 is 1.49. The lowest BCUT2D eigenvalue weighted by Gasteiger charge is -2.25. The maximum atomic E-state index is 13.2. The largest absolute Gasteiger partial charge is 0.376 e. The molecule has 1 amide bonds. The molecule has 0 aliphatic carbocycles. The van der Waals surface area contributed by atoms with Crippen molar-refractivity contribution in [2.75, 3.05) is 13.2 Å². The van der Waals surface area contributed by atoms with Crippen LogP contribution >= 0.6 is 11.3 Å². The summed E-state index contributed by atoms with van der Waals surface area (Å²) < 4.78 is 5.75. The van der Waals surface area contributed by atoms with E-state index in [0.717, 1.165) is 47.0 Å². The normalized spacial score (nSPS) is 17.2. The zero-order chi connectivity index (χ0) is 16.9. The second-order valence-corrected chi connectivity index (χ2v) is 7.24. The summed E-state index contributed by atoms with van der Waals surface area (Å²) in [5.74, 6) is 0.0600. The fourth-order valence-corrected chi connectivity index (χ4v) is 3.96. The fourth-order valence-electron chi connectivity index (χ4n) is 2.98. The molecular formula is C18H23N3O2S. The van der Waals surface area contributed by atoms with Crippen LogP contribution < -0.4 is 0 Å². The van der Waals surface area contributed by atoms with Gasteiger partial charge in [-0.2, -0.15) is 0 Å². The Labute approximate surface area is 146 Å². The first-order chi connectivity index (χ1) is 11.7. The highest BCUT2D eigenvalue weighted by Gasteiger charge is 2.26. The third-order valence-electron chi connectivity index (χ3n) is 4.19. The fraction of sp³-hybridized carbons (Fsp3) is 0.500. The standard InChI is InChI=1S/C18H23N3O2S/c1-3-16-17(24-13(2)20-16)18(22)21(12-15-5-4-10-23-15)11-14-6-8-19-9-7-14/h6-9,15H,3-5,10-12H2,1-2H3/t15-/m0/s1. The highest BCUT2D eigenvalue weighted by atomic mass is 32.1. The molecule has 0 aromatic carbocycles. The highest BCUT2D eigenvalue weighted by Crippen LogP contribution is 2.23. The lowest BCUT2D eigenvalue weighted by atomic mass is 10.2. The van der Waals surface area contributed by atoms with Gasteiger partial charge in [0.25, 0.3) is 5.91 Å². The first-order valence-corrected chi connectivity index (χ1v) is 9.25. The van der Waals surface area contributed by atoms with Crippen molar-refractivity contribution >= 4 is 17.2 Å². The van der Waals surface area contributed by atoms with Crippen LogP contribution in [0.4, 0.5) is 0 Å². The minimum Gasteiger partial charge on any atom is -0.376 e. The Morgan fingerprint density at radius 3 is 2.88 bits per heavy atom. The number of ether oxygens (including phenoxy) is 1. The summed E-state index contributed by atoms with van der Waals surface area (Å²) in [6, 6.07) is 3.91. The van der Waals surface area contributed by atoms with Gasteiger partial charge >= 0.3 is 0 Å². The molecule has 5 nitrogen and oxygen atoms in total. The van der Waals surface area contributed by atoms with E-state index in [4.69, 9.17) is 4.74 Å². The predicted molar refractivity (Wildman–Crippen MR) is 94.2 cm³/mol. The van der Waals surface area contributed by atoms with Crippen LogP contribution in [0.1, 0.15) is 45.7 Å². The van der Waals surface area contributed by atoms with Crippen LogP contribution in [-0.4, -0.2) is 40.0 Å². The van der Waals surface area contributed by atoms with Crippen molar-refractivity contribution in [1.82, 2.24) is 14.9 Å². The molecule has 0 saturated carbocycles. The van der Waals surface area contributed by atoms with E-state index in [0.29, 0.717) is 13.1 Å². The van der Waals surface area contributed by atoms with Crippen molar-refractivity contribution < 1.29 is 9.53 Å². The zero-order valence-corrected chi connectivity index (χ0v) is 15.0. The maximum absolute atomic E-state index is 13.2. The minimum atomic E-state index is 0.0600. The van der Waals surface area contributed by atoms with Crippen molar-refractivity contribution in [3.8, 4) is 0 Å². The van der Waals surface area contributed by atoms with Crippen LogP contribution in [-0.2, 0) is 17.7 Å². The second kappa shape index (κ2) is 7.85. The van der Waals surface area contributed by atoms with Gasteiger partial charge in [0.2, 0.25) is 0 Å². The van der Waals surface area contributed by atoms with E-state index >= 15 is 0 Å². The van der Waals surface area contributed by atoms with E-state index in [1.165, 1.54) is 11.3 Å². The molecule has 0 radical (unpaired) electrons. The van der Waals surface area contributed by atoms with Crippen LogP contribution in [0.2, 0.25) is 0 Å². The third kappa shape index (κ3) is 3.99. The van der Waals surface area contributed by atoms with Crippen molar-refractivity contribution in [2.45, 2.75) is 45.8 Å².